The molecule has 6 nitrogen and oxygen atoms in total. The first-order chi connectivity index (χ1) is 12.2. The van der Waals surface area contributed by atoms with E-state index in [-0.39, 0.29) is 5.91 Å². The zero-order valence-electron chi connectivity index (χ0n) is 13.9. The summed E-state index contributed by atoms with van der Waals surface area (Å²) in [5.74, 6) is 0.906. The Morgan fingerprint density at radius 3 is 2.60 bits per heavy atom. The minimum Gasteiger partial charge on any atom is -0.493 e. The molecule has 1 amide bonds. The number of rotatable bonds is 6. The molecule has 25 heavy (non-hydrogen) atoms. The van der Waals surface area contributed by atoms with E-state index in [0.717, 1.165) is 16.3 Å². The number of thiazole rings is 1. The second-order valence-electron chi connectivity index (χ2n) is 5.13. The third kappa shape index (κ3) is 3.95. The van der Waals surface area contributed by atoms with Gasteiger partial charge in [0.15, 0.2) is 11.5 Å². The third-order valence-electron chi connectivity index (χ3n) is 3.55. The highest BCUT2D eigenvalue weighted by atomic mass is 32.1. The van der Waals surface area contributed by atoms with E-state index < -0.39 is 0 Å². The number of nitrogens with one attached hydrogen (secondary N) is 1. The lowest BCUT2D eigenvalue weighted by Crippen LogP contribution is -2.23. The number of amides is 1. The van der Waals surface area contributed by atoms with Gasteiger partial charge in [-0.1, -0.05) is 0 Å². The number of ether oxygens (including phenoxy) is 2. The van der Waals surface area contributed by atoms with Crippen molar-refractivity contribution in [2.45, 2.75) is 6.54 Å². The third-order valence-corrected chi connectivity index (χ3v) is 4.49. The van der Waals surface area contributed by atoms with Crippen molar-refractivity contribution in [1.82, 2.24) is 15.3 Å². The number of hydrogen-bond acceptors (Lipinski definition) is 6. The first-order valence-electron chi connectivity index (χ1n) is 7.56. The van der Waals surface area contributed by atoms with Crippen molar-refractivity contribution in [3.63, 3.8) is 0 Å². The fourth-order valence-corrected chi connectivity index (χ4v) is 3.09. The number of methoxy groups -OCH3 is 2. The molecule has 0 aliphatic heterocycles. The Morgan fingerprint density at radius 1 is 1.12 bits per heavy atom. The highest BCUT2D eigenvalue weighted by Crippen LogP contribution is 2.27. The summed E-state index contributed by atoms with van der Waals surface area (Å²) < 4.78 is 10.4. The molecule has 0 aliphatic rings. The van der Waals surface area contributed by atoms with Crippen molar-refractivity contribution >= 4 is 17.2 Å². The summed E-state index contributed by atoms with van der Waals surface area (Å²) in [5, 5.41) is 5.70. The maximum atomic E-state index is 12.3. The standard InChI is InChI=1S/C18H17N3O3S/c1-23-15-4-3-13(9-16(15)24-2)17(22)20-10-14-11-25-18(21-14)12-5-7-19-8-6-12/h3-9,11H,10H2,1-2H3,(H,20,22). The van der Waals surface area contributed by atoms with E-state index >= 15 is 0 Å². The molecule has 2 aromatic heterocycles. The average molecular weight is 355 g/mol. The molecule has 0 saturated heterocycles. The summed E-state index contributed by atoms with van der Waals surface area (Å²) in [6.45, 7) is 0.356. The number of carbonyl (C=O) groups is 1. The number of hydrogen-bond donors (Lipinski definition) is 1. The maximum Gasteiger partial charge on any atom is 0.251 e. The molecular weight excluding hydrogens is 338 g/mol. The van der Waals surface area contributed by atoms with Gasteiger partial charge >= 0.3 is 0 Å². The Morgan fingerprint density at radius 2 is 1.88 bits per heavy atom. The van der Waals surface area contributed by atoms with E-state index in [2.05, 4.69) is 15.3 Å². The molecule has 2 heterocycles. The van der Waals surface area contributed by atoms with Gasteiger partial charge in [-0.25, -0.2) is 4.98 Å². The smallest absolute Gasteiger partial charge is 0.251 e. The van der Waals surface area contributed by atoms with Gasteiger partial charge in [0.2, 0.25) is 0 Å². The Kier molecular flexibility index (Phi) is 5.25. The molecule has 3 aromatic rings. The molecule has 0 spiro atoms. The summed E-state index contributed by atoms with van der Waals surface area (Å²) in [4.78, 5) is 20.9. The van der Waals surface area contributed by atoms with Crippen LogP contribution in [-0.4, -0.2) is 30.1 Å². The summed E-state index contributed by atoms with van der Waals surface area (Å²) in [5.41, 5.74) is 2.32. The Bertz CT molecular complexity index is 865. The normalized spacial score (nSPS) is 10.3. The van der Waals surface area contributed by atoms with Gasteiger partial charge in [0.1, 0.15) is 5.01 Å². The first-order valence-corrected chi connectivity index (χ1v) is 8.44. The number of aromatic nitrogens is 2. The van der Waals surface area contributed by atoms with Crippen LogP contribution in [0.1, 0.15) is 16.1 Å². The van der Waals surface area contributed by atoms with Gasteiger partial charge in [-0.05, 0) is 30.3 Å². The SMILES string of the molecule is COc1ccc(C(=O)NCc2csc(-c3ccncc3)n2)cc1OC. The van der Waals surface area contributed by atoms with Crippen LogP contribution in [0.15, 0.2) is 48.1 Å². The van der Waals surface area contributed by atoms with Crippen LogP contribution in [0.25, 0.3) is 10.6 Å². The molecular formula is C18H17N3O3S. The van der Waals surface area contributed by atoms with Crippen molar-refractivity contribution in [1.29, 1.82) is 0 Å². The van der Waals surface area contributed by atoms with Gasteiger partial charge in [-0.15, -0.1) is 11.3 Å². The monoisotopic (exact) mass is 355 g/mol. The van der Waals surface area contributed by atoms with Crippen molar-refractivity contribution in [3.8, 4) is 22.1 Å². The first kappa shape index (κ1) is 16.9. The van der Waals surface area contributed by atoms with Crippen molar-refractivity contribution in [3.05, 3.63) is 59.4 Å². The quantitative estimate of drug-likeness (QED) is 0.735. The fourth-order valence-electron chi connectivity index (χ4n) is 2.27. The Balaban J connectivity index is 1.66. The number of nitrogens with zero attached hydrogens (tertiary/aromatic N) is 2. The van der Waals surface area contributed by atoms with Crippen LogP contribution in [0.4, 0.5) is 0 Å². The Hall–Kier alpha value is -2.93. The van der Waals surface area contributed by atoms with Gasteiger partial charge in [-0.3, -0.25) is 9.78 Å². The van der Waals surface area contributed by atoms with E-state index in [1.165, 1.54) is 18.4 Å². The lowest BCUT2D eigenvalue weighted by Gasteiger charge is -2.09. The molecule has 0 fully saturated rings. The van der Waals surface area contributed by atoms with Crippen LogP contribution in [0.2, 0.25) is 0 Å². The van der Waals surface area contributed by atoms with Crippen molar-refractivity contribution < 1.29 is 14.3 Å². The zero-order valence-corrected chi connectivity index (χ0v) is 14.7. The van der Waals surface area contributed by atoms with Crippen molar-refractivity contribution in [2.75, 3.05) is 14.2 Å². The highest BCUT2D eigenvalue weighted by molar-refractivity contribution is 7.13. The minimum absolute atomic E-state index is 0.195. The summed E-state index contributed by atoms with van der Waals surface area (Å²) in [6.07, 6.45) is 3.46. The predicted molar refractivity (Wildman–Crippen MR) is 96.1 cm³/mol. The summed E-state index contributed by atoms with van der Waals surface area (Å²) in [7, 11) is 3.09. The molecule has 0 atom stereocenters. The number of pyridine rings is 1. The van der Waals surface area contributed by atoms with Crippen molar-refractivity contribution in [2.24, 2.45) is 0 Å². The van der Waals surface area contributed by atoms with Crippen LogP contribution in [0.5, 0.6) is 11.5 Å². The van der Waals surface area contributed by atoms with E-state index in [0.29, 0.717) is 23.6 Å². The van der Waals surface area contributed by atoms with E-state index in [4.69, 9.17) is 9.47 Å². The lowest BCUT2D eigenvalue weighted by molar-refractivity contribution is 0.0950. The maximum absolute atomic E-state index is 12.3. The second kappa shape index (κ2) is 7.76. The lowest BCUT2D eigenvalue weighted by atomic mass is 10.2. The molecule has 3 rings (SSSR count). The van der Waals surface area contributed by atoms with Gasteiger partial charge in [0.05, 0.1) is 26.5 Å². The molecule has 0 aliphatic carbocycles. The second-order valence-corrected chi connectivity index (χ2v) is 5.99. The predicted octanol–water partition coefficient (Wildman–Crippen LogP) is 3.15. The van der Waals surface area contributed by atoms with E-state index in [9.17, 15) is 4.79 Å². The van der Waals surface area contributed by atoms with Crippen LogP contribution >= 0.6 is 11.3 Å². The average Bonchev–Trinajstić information content (AvgIpc) is 3.15. The molecule has 128 valence electrons. The summed E-state index contributed by atoms with van der Waals surface area (Å²) >= 11 is 1.53. The minimum atomic E-state index is -0.195. The number of carbonyl (C=O) groups excluding carboxylic acids is 1. The van der Waals surface area contributed by atoms with E-state index in [1.807, 2.05) is 17.5 Å². The number of benzene rings is 1. The molecule has 1 N–H and O–H groups in total. The molecule has 0 saturated carbocycles. The molecule has 1 aromatic carbocycles. The fraction of sp³-hybridized carbons (Fsp3) is 0.167. The topological polar surface area (TPSA) is 73.3 Å². The van der Waals surface area contributed by atoms with Crippen LogP contribution in [0.3, 0.4) is 0 Å². The van der Waals surface area contributed by atoms with Gasteiger partial charge < -0.3 is 14.8 Å². The van der Waals surface area contributed by atoms with Crippen LogP contribution in [0, 0.1) is 0 Å². The van der Waals surface area contributed by atoms with Crippen LogP contribution < -0.4 is 14.8 Å². The van der Waals surface area contributed by atoms with Crippen LogP contribution in [-0.2, 0) is 6.54 Å². The zero-order chi connectivity index (χ0) is 17.6. The molecule has 0 radical (unpaired) electrons. The van der Waals surface area contributed by atoms with Gasteiger partial charge in [0.25, 0.3) is 5.91 Å². The Labute approximate surface area is 149 Å². The largest absolute Gasteiger partial charge is 0.493 e. The summed E-state index contributed by atoms with van der Waals surface area (Å²) in [6, 6.07) is 8.87. The highest BCUT2D eigenvalue weighted by Gasteiger charge is 2.11. The molecule has 0 unspecified atom stereocenters. The molecule has 7 heteroatoms. The molecule has 0 bridgehead atoms. The van der Waals surface area contributed by atoms with E-state index in [1.54, 1.807) is 37.7 Å². The van der Waals surface area contributed by atoms with Gasteiger partial charge in [-0.2, -0.15) is 0 Å². The van der Waals surface area contributed by atoms with Gasteiger partial charge in [0, 0.05) is 28.9 Å².